The van der Waals surface area contributed by atoms with Gasteiger partial charge in [-0.05, 0) is 24.6 Å². The monoisotopic (exact) mass is 269 g/mol. The molecule has 0 unspecified atom stereocenters. The third-order valence-electron chi connectivity index (χ3n) is 2.62. The number of ether oxygens (including phenoxy) is 1. The number of hydrogen-bond donors (Lipinski definition) is 2. The first kappa shape index (κ1) is 13.8. The zero-order chi connectivity index (χ0) is 14.4. The highest BCUT2D eigenvalue weighted by Gasteiger charge is 2.03. The average molecular weight is 269 g/mol. The minimum atomic E-state index is 0.258. The van der Waals surface area contributed by atoms with Crippen molar-refractivity contribution >= 4 is 5.82 Å². The van der Waals surface area contributed by atoms with Crippen LogP contribution < -0.4 is 16.0 Å². The standard InChI is InChI=1S/C14H15N5O/c1-10-8-13(19-16)18-14(17-10)9-20-12-4-2-11(3-5-12)6-7-15/h2-5,8H,6,9,16H2,1H3,(H,17,18,19). The Labute approximate surface area is 117 Å². The number of nitrogens with one attached hydrogen (secondary N) is 1. The maximum atomic E-state index is 8.60. The molecule has 0 amide bonds. The molecule has 2 aromatic rings. The summed E-state index contributed by atoms with van der Waals surface area (Å²) in [5.74, 6) is 7.15. The van der Waals surface area contributed by atoms with Crippen LogP contribution >= 0.6 is 0 Å². The Morgan fingerprint density at radius 3 is 2.70 bits per heavy atom. The molecule has 0 spiro atoms. The fourth-order valence-electron chi connectivity index (χ4n) is 1.71. The Balaban J connectivity index is 2.01. The van der Waals surface area contributed by atoms with E-state index in [0.29, 0.717) is 23.8 Å². The lowest BCUT2D eigenvalue weighted by Crippen LogP contribution is -2.12. The predicted molar refractivity (Wildman–Crippen MR) is 74.7 cm³/mol. The van der Waals surface area contributed by atoms with E-state index in [4.69, 9.17) is 15.8 Å². The Bertz CT molecular complexity index is 618. The largest absolute Gasteiger partial charge is 0.486 e. The van der Waals surface area contributed by atoms with Gasteiger partial charge in [-0.1, -0.05) is 12.1 Å². The molecule has 1 heterocycles. The lowest BCUT2D eigenvalue weighted by molar-refractivity contribution is 0.295. The summed E-state index contributed by atoms with van der Waals surface area (Å²) in [5.41, 5.74) is 4.27. The Kier molecular flexibility index (Phi) is 4.47. The fraction of sp³-hybridized carbons (Fsp3) is 0.214. The van der Waals surface area contributed by atoms with Crippen LogP contribution in [0.25, 0.3) is 0 Å². The van der Waals surface area contributed by atoms with Crippen molar-refractivity contribution in [3.05, 3.63) is 47.4 Å². The lowest BCUT2D eigenvalue weighted by atomic mass is 10.2. The van der Waals surface area contributed by atoms with E-state index in [0.717, 1.165) is 11.3 Å². The quantitative estimate of drug-likeness (QED) is 0.633. The molecular formula is C14H15N5O. The summed E-state index contributed by atoms with van der Waals surface area (Å²) < 4.78 is 5.60. The molecule has 0 radical (unpaired) electrons. The van der Waals surface area contributed by atoms with Gasteiger partial charge in [0.25, 0.3) is 0 Å². The lowest BCUT2D eigenvalue weighted by Gasteiger charge is -2.08. The molecule has 0 bridgehead atoms. The number of benzene rings is 1. The molecule has 0 saturated carbocycles. The molecule has 1 aromatic carbocycles. The highest BCUT2D eigenvalue weighted by molar-refractivity contribution is 5.34. The molecule has 2 rings (SSSR count). The van der Waals surface area contributed by atoms with Gasteiger partial charge in [0.15, 0.2) is 5.82 Å². The summed E-state index contributed by atoms with van der Waals surface area (Å²) in [6, 6.07) is 11.2. The fourth-order valence-corrected chi connectivity index (χ4v) is 1.71. The van der Waals surface area contributed by atoms with E-state index in [2.05, 4.69) is 21.5 Å². The first-order valence-electron chi connectivity index (χ1n) is 6.11. The van der Waals surface area contributed by atoms with Gasteiger partial charge in [-0.15, -0.1) is 0 Å². The smallest absolute Gasteiger partial charge is 0.168 e. The van der Waals surface area contributed by atoms with Gasteiger partial charge in [-0.2, -0.15) is 5.26 Å². The van der Waals surface area contributed by atoms with Gasteiger partial charge in [-0.3, -0.25) is 0 Å². The summed E-state index contributed by atoms with van der Waals surface area (Å²) in [5, 5.41) is 8.60. The van der Waals surface area contributed by atoms with Gasteiger partial charge in [-0.25, -0.2) is 15.8 Å². The molecule has 0 atom stereocenters. The predicted octanol–water partition coefficient (Wildman–Crippen LogP) is 1.72. The van der Waals surface area contributed by atoms with Crippen molar-refractivity contribution < 1.29 is 4.74 Å². The number of aryl methyl sites for hydroxylation is 1. The molecule has 6 nitrogen and oxygen atoms in total. The zero-order valence-corrected chi connectivity index (χ0v) is 11.1. The van der Waals surface area contributed by atoms with E-state index in [1.54, 1.807) is 6.07 Å². The molecule has 6 heteroatoms. The Hall–Kier alpha value is -2.65. The maximum Gasteiger partial charge on any atom is 0.168 e. The molecule has 0 aliphatic heterocycles. The van der Waals surface area contributed by atoms with Gasteiger partial charge < -0.3 is 10.2 Å². The van der Waals surface area contributed by atoms with Gasteiger partial charge in [0.05, 0.1) is 12.5 Å². The van der Waals surface area contributed by atoms with Crippen LogP contribution in [-0.4, -0.2) is 9.97 Å². The third-order valence-corrected chi connectivity index (χ3v) is 2.62. The number of nitrogens with two attached hydrogens (primary N) is 1. The van der Waals surface area contributed by atoms with E-state index in [1.165, 1.54) is 0 Å². The molecular weight excluding hydrogens is 254 g/mol. The van der Waals surface area contributed by atoms with Crippen molar-refractivity contribution in [2.75, 3.05) is 5.43 Å². The van der Waals surface area contributed by atoms with Crippen LogP contribution in [0.3, 0.4) is 0 Å². The highest BCUT2D eigenvalue weighted by Crippen LogP contribution is 2.14. The van der Waals surface area contributed by atoms with E-state index in [1.807, 2.05) is 31.2 Å². The van der Waals surface area contributed by atoms with Crippen LogP contribution in [0.2, 0.25) is 0 Å². The molecule has 1 aromatic heterocycles. The summed E-state index contributed by atoms with van der Waals surface area (Å²) in [4.78, 5) is 8.47. The van der Waals surface area contributed by atoms with Gasteiger partial charge in [0.1, 0.15) is 18.2 Å². The number of hydrazine groups is 1. The second kappa shape index (κ2) is 6.50. The molecule has 0 aliphatic rings. The van der Waals surface area contributed by atoms with Crippen LogP contribution in [0.4, 0.5) is 5.82 Å². The molecule has 102 valence electrons. The number of hydrogen-bond acceptors (Lipinski definition) is 6. The summed E-state index contributed by atoms with van der Waals surface area (Å²) in [7, 11) is 0. The number of nitrogen functional groups attached to an aromatic ring is 1. The van der Waals surface area contributed by atoms with Crippen molar-refractivity contribution in [1.82, 2.24) is 9.97 Å². The van der Waals surface area contributed by atoms with Crippen LogP contribution in [0.1, 0.15) is 17.1 Å². The number of aromatic nitrogens is 2. The summed E-state index contributed by atoms with van der Waals surface area (Å²) in [6.45, 7) is 2.12. The van der Waals surface area contributed by atoms with Crippen LogP contribution in [0.5, 0.6) is 5.75 Å². The zero-order valence-electron chi connectivity index (χ0n) is 11.1. The van der Waals surface area contributed by atoms with E-state index >= 15 is 0 Å². The topological polar surface area (TPSA) is 96.9 Å². The summed E-state index contributed by atoms with van der Waals surface area (Å²) >= 11 is 0. The van der Waals surface area contributed by atoms with Gasteiger partial charge in [0, 0.05) is 11.8 Å². The van der Waals surface area contributed by atoms with Crippen molar-refractivity contribution in [2.45, 2.75) is 20.0 Å². The average Bonchev–Trinajstić information content (AvgIpc) is 2.46. The molecule has 0 saturated heterocycles. The minimum Gasteiger partial charge on any atom is -0.486 e. The van der Waals surface area contributed by atoms with Crippen molar-refractivity contribution in [3.63, 3.8) is 0 Å². The Morgan fingerprint density at radius 1 is 1.30 bits per heavy atom. The first-order valence-corrected chi connectivity index (χ1v) is 6.11. The third kappa shape index (κ3) is 3.67. The maximum absolute atomic E-state index is 8.60. The van der Waals surface area contributed by atoms with Crippen molar-refractivity contribution in [2.24, 2.45) is 5.84 Å². The Morgan fingerprint density at radius 2 is 2.05 bits per heavy atom. The SMILES string of the molecule is Cc1cc(NN)nc(COc2ccc(CC#N)cc2)n1. The molecule has 0 aliphatic carbocycles. The van der Waals surface area contributed by atoms with Crippen molar-refractivity contribution in [1.29, 1.82) is 5.26 Å². The summed E-state index contributed by atoms with van der Waals surface area (Å²) in [6.07, 6.45) is 0.396. The van der Waals surface area contributed by atoms with E-state index in [-0.39, 0.29) is 6.61 Å². The molecule has 20 heavy (non-hydrogen) atoms. The first-order chi connectivity index (χ1) is 9.71. The van der Waals surface area contributed by atoms with Crippen LogP contribution in [0.15, 0.2) is 30.3 Å². The number of rotatable bonds is 5. The molecule has 0 fully saturated rings. The van der Waals surface area contributed by atoms with E-state index < -0.39 is 0 Å². The van der Waals surface area contributed by atoms with Crippen molar-refractivity contribution in [3.8, 4) is 11.8 Å². The van der Waals surface area contributed by atoms with Crippen LogP contribution in [-0.2, 0) is 13.0 Å². The number of anilines is 1. The van der Waals surface area contributed by atoms with Gasteiger partial charge in [0.2, 0.25) is 0 Å². The van der Waals surface area contributed by atoms with Gasteiger partial charge >= 0.3 is 0 Å². The van der Waals surface area contributed by atoms with E-state index in [9.17, 15) is 0 Å². The second-order valence-corrected chi connectivity index (χ2v) is 4.22. The number of nitriles is 1. The number of nitrogens with zero attached hydrogens (tertiary/aromatic N) is 3. The minimum absolute atomic E-state index is 0.258. The van der Waals surface area contributed by atoms with Crippen LogP contribution in [0, 0.1) is 18.3 Å². The molecule has 3 N–H and O–H groups in total. The highest BCUT2D eigenvalue weighted by atomic mass is 16.5. The normalized spacial score (nSPS) is 9.85. The second-order valence-electron chi connectivity index (χ2n) is 4.22.